The van der Waals surface area contributed by atoms with Crippen molar-refractivity contribution in [1.82, 2.24) is 0 Å². The van der Waals surface area contributed by atoms with Crippen molar-refractivity contribution in [2.45, 2.75) is 121 Å². The number of allylic oxidation sites excluding steroid dienone is 2. The molecule has 2 atom stereocenters. The van der Waals surface area contributed by atoms with Crippen LogP contribution >= 0.6 is 0 Å². The van der Waals surface area contributed by atoms with Gasteiger partial charge in [0.2, 0.25) is 0 Å². The van der Waals surface area contributed by atoms with E-state index >= 15 is 0 Å². The highest BCUT2D eigenvalue weighted by Gasteiger charge is 2.41. The van der Waals surface area contributed by atoms with E-state index in [1.54, 1.807) is 0 Å². The molecule has 0 saturated carbocycles. The highest BCUT2D eigenvalue weighted by Crippen LogP contribution is 2.17. The van der Waals surface area contributed by atoms with Crippen LogP contribution in [-0.4, -0.2) is 69.2 Å². The van der Waals surface area contributed by atoms with Gasteiger partial charge in [0, 0.05) is 6.42 Å². The third kappa shape index (κ3) is 20.3. The Bertz CT molecular complexity index is 691. The van der Waals surface area contributed by atoms with Crippen molar-refractivity contribution in [3.05, 3.63) is 12.2 Å². The fraction of sp³-hybridized carbons (Fsp3) is 0.778. The quantitative estimate of drug-likeness (QED) is 0.0808. The summed E-state index contributed by atoms with van der Waals surface area (Å²) in [7, 11) is 0. The van der Waals surface area contributed by atoms with E-state index in [2.05, 4.69) is 23.8 Å². The van der Waals surface area contributed by atoms with Crippen molar-refractivity contribution in [1.29, 1.82) is 0 Å². The van der Waals surface area contributed by atoms with Crippen molar-refractivity contribution in [3.63, 3.8) is 0 Å². The zero-order valence-electron chi connectivity index (χ0n) is 22.2. The summed E-state index contributed by atoms with van der Waals surface area (Å²) >= 11 is 0. The molecule has 10 heteroatoms. The highest BCUT2D eigenvalue weighted by atomic mass is 16.6. The van der Waals surface area contributed by atoms with Gasteiger partial charge in [-0.2, -0.15) is 0 Å². The zero-order chi connectivity index (χ0) is 27.9. The molecule has 0 spiro atoms. The van der Waals surface area contributed by atoms with Gasteiger partial charge >= 0.3 is 23.9 Å². The van der Waals surface area contributed by atoms with Gasteiger partial charge in [-0.1, -0.05) is 70.4 Å². The molecule has 10 nitrogen and oxygen atoms in total. The second-order valence-corrected chi connectivity index (χ2v) is 9.44. The van der Waals surface area contributed by atoms with Crippen LogP contribution in [0.3, 0.4) is 0 Å². The van der Waals surface area contributed by atoms with E-state index in [1.807, 2.05) is 0 Å². The van der Waals surface area contributed by atoms with Crippen molar-refractivity contribution in [2.75, 3.05) is 13.2 Å². The van der Waals surface area contributed by atoms with Crippen LogP contribution in [0, 0.1) is 0 Å². The summed E-state index contributed by atoms with van der Waals surface area (Å²) in [6.07, 6.45) is 16.1. The summed E-state index contributed by atoms with van der Waals surface area (Å²) in [5, 5.41) is 37.2. The van der Waals surface area contributed by atoms with E-state index in [9.17, 15) is 29.4 Å². The maximum absolute atomic E-state index is 11.8. The molecule has 214 valence electrons. The maximum atomic E-state index is 11.8. The molecule has 0 aliphatic heterocycles. The fourth-order valence-electron chi connectivity index (χ4n) is 3.59. The first kappa shape index (κ1) is 34.5. The molecule has 0 aromatic carbocycles. The van der Waals surface area contributed by atoms with Crippen molar-refractivity contribution < 1.29 is 49.1 Å². The molecule has 0 saturated heterocycles. The van der Waals surface area contributed by atoms with Gasteiger partial charge in [-0.25, -0.2) is 4.79 Å². The van der Waals surface area contributed by atoms with E-state index in [1.165, 1.54) is 38.5 Å². The Morgan fingerprint density at radius 3 is 1.73 bits per heavy atom. The fourth-order valence-corrected chi connectivity index (χ4v) is 3.59. The van der Waals surface area contributed by atoms with Gasteiger partial charge in [-0.15, -0.1) is 0 Å². The van der Waals surface area contributed by atoms with Crippen LogP contribution in [0.25, 0.3) is 0 Å². The van der Waals surface area contributed by atoms with Crippen LogP contribution in [0.4, 0.5) is 0 Å². The summed E-state index contributed by atoms with van der Waals surface area (Å²) in [4.78, 5) is 45.2. The minimum atomic E-state index is -2.82. The summed E-state index contributed by atoms with van der Waals surface area (Å²) in [6.45, 7) is 1.22. The largest absolute Gasteiger partial charge is 0.481 e. The number of hydrogen-bond acceptors (Lipinski definition) is 8. The summed E-state index contributed by atoms with van der Waals surface area (Å²) in [6, 6.07) is 0. The number of aliphatic carboxylic acids is 2. The Labute approximate surface area is 220 Å². The van der Waals surface area contributed by atoms with E-state index in [4.69, 9.17) is 14.9 Å². The Kier molecular flexibility index (Phi) is 20.2. The van der Waals surface area contributed by atoms with E-state index in [0.29, 0.717) is 6.42 Å². The first-order valence-corrected chi connectivity index (χ1v) is 13.4. The summed E-state index contributed by atoms with van der Waals surface area (Å²) < 4.78 is 9.59. The lowest BCUT2D eigenvalue weighted by Crippen LogP contribution is -2.43. The maximum Gasteiger partial charge on any atom is 0.336 e. The number of aliphatic hydroxyl groups excluding tert-OH is 1. The Hall–Kier alpha value is -2.46. The Balaban J connectivity index is 3.75. The number of carboxylic acid groups (broad SMARTS) is 2. The van der Waals surface area contributed by atoms with Gasteiger partial charge in [0.25, 0.3) is 0 Å². The van der Waals surface area contributed by atoms with Gasteiger partial charge in [0.1, 0.15) is 19.3 Å². The van der Waals surface area contributed by atoms with Crippen LogP contribution < -0.4 is 0 Å². The molecule has 0 aliphatic carbocycles. The lowest BCUT2D eigenvalue weighted by atomic mass is 9.96. The molecule has 37 heavy (non-hydrogen) atoms. The lowest BCUT2D eigenvalue weighted by molar-refractivity contribution is -0.173. The lowest BCUT2D eigenvalue weighted by Gasteiger charge is -2.20. The van der Waals surface area contributed by atoms with Gasteiger partial charge in [-0.05, 0) is 32.1 Å². The van der Waals surface area contributed by atoms with E-state index in [-0.39, 0.29) is 6.42 Å². The standard InChI is InChI=1S/C27H46O10/c1-2-3-4-5-6-7-8-9-10-11-12-13-14-15-16-17-24(31)36-20-22(28)21-37-25(32)19-27(35,26(33)34)18-23(29)30/h9-10,22,28,35H,2-8,11-21H2,1H3,(H,29,30)(H,33,34). The number of carbonyl (C=O) groups excluding carboxylic acids is 2. The average Bonchev–Trinajstić information content (AvgIpc) is 2.83. The van der Waals surface area contributed by atoms with Gasteiger partial charge in [0.15, 0.2) is 5.60 Å². The second-order valence-electron chi connectivity index (χ2n) is 9.44. The number of aliphatic hydroxyl groups is 2. The van der Waals surface area contributed by atoms with Gasteiger partial charge < -0.3 is 29.9 Å². The molecule has 2 unspecified atom stereocenters. The van der Waals surface area contributed by atoms with Crippen LogP contribution in [0.2, 0.25) is 0 Å². The monoisotopic (exact) mass is 530 g/mol. The molecule has 0 aliphatic rings. The molecule has 0 heterocycles. The number of esters is 2. The topological polar surface area (TPSA) is 168 Å². The van der Waals surface area contributed by atoms with Crippen LogP contribution in [-0.2, 0) is 28.7 Å². The molecular weight excluding hydrogens is 484 g/mol. The predicted octanol–water partition coefficient (Wildman–Crippen LogP) is 4.15. The zero-order valence-corrected chi connectivity index (χ0v) is 22.2. The number of ether oxygens (including phenoxy) is 2. The summed E-state index contributed by atoms with van der Waals surface area (Å²) in [5.41, 5.74) is -2.82. The average molecular weight is 531 g/mol. The molecule has 4 N–H and O–H groups in total. The number of carbonyl (C=O) groups is 4. The number of hydrogen-bond donors (Lipinski definition) is 4. The Morgan fingerprint density at radius 2 is 1.22 bits per heavy atom. The molecule has 0 aromatic rings. The van der Waals surface area contributed by atoms with Crippen LogP contribution in [0.1, 0.15) is 110 Å². The van der Waals surface area contributed by atoms with Crippen molar-refractivity contribution in [2.24, 2.45) is 0 Å². The van der Waals surface area contributed by atoms with Crippen LogP contribution in [0.15, 0.2) is 12.2 Å². The minimum absolute atomic E-state index is 0.214. The molecule has 0 bridgehead atoms. The van der Waals surface area contributed by atoms with Crippen molar-refractivity contribution >= 4 is 23.9 Å². The third-order valence-corrected chi connectivity index (χ3v) is 5.79. The Morgan fingerprint density at radius 1 is 0.730 bits per heavy atom. The minimum Gasteiger partial charge on any atom is -0.481 e. The molecule has 0 rings (SSSR count). The second kappa shape index (κ2) is 21.6. The normalized spacial score (nSPS) is 13.7. The molecule has 0 amide bonds. The first-order valence-electron chi connectivity index (χ1n) is 13.4. The van der Waals surface area contributed by atoms with Crippen LogP contribution in [0.5, 0.6) is 0 Å². The number of unbranched alkanes of at least 4 members (excludes halogenated alkanes) is 11. The molecule has 0 radical (unpaired) electrons. The first-order chi connectivity index (χ1) is 17.6. The summed E-state index contributed by atoms with van der Waals surface area (Å²) in [5.74, 6) is -5.16. The third-order valence-electron chi connectivity index (χ3n) is 5.79. The predicted molar refractivity (Wildman–Crippen MR) is 137 cm³/mol. The molecular formula is C27H46O10. The molecule has 0 aromatic heterocycles. The smallest absolute Gasteiger partial charge is 0.336 e. The molecule has 0 fully saturated rings. The van der Waals surface area contributed by atoms with Crippen molar-refractivity contribution in [3.8, 4) is 0 Å². The van der Waals surface area contributed by atoms with Gasteiger partial charge in [-0.3, -0.25) is 14.4 Å². The number of carboxylic acids is 2. The van der Waals surface area contributed by atoms with E-state index in [0.717, 1.165) is 38.5 Å². The highest BCUT2D eigenvalue weighted by molar-refractivity contribution is 5.88. The SMILES string of the molecule is CCCCCCCCC=CCCCCCCCC(=O)OCC(O)COC(=O)CC(O)(CC(=O)O)C(=O)O. The number of rotatable bonds is 24. The van der Waals surface area contributed by atoms with Gasteiger partial charge in [0.05, 0.1) is 12.8 Å². The van der Waals surface area contributed by atoms with E-state index < -0.39 is 61.6 Å².